The molecule has 1 atom stereocenters. The van der Waals surface area contributed by atoms with Crippen LogP contribution in [0.25, 0.3) is 0 Å². The van der Waals surface area contributed by atoms with E-state index < -0.39 is 0 Å². The maximum absolute atomic E-state index is 4.07. The van der Waals surface area contributed by atoms with Crippen LogP contribution in [0.15, 0.2) is 18.5 Å². The lowest BCUT2D eigenvalue weighted by Gasteiger charge is -2.12. The maximum atomic E-state index is 4.07. The van der Waals surface area contributed by atoms with E-state index in [0.717, 1.165) is 19.0 Å². The lowest BCUT2D eigenvalue weighted by molar-refractivity contribution is 0.615. The third-order valence-electron chi connectivity index (χ3n) is 2.76. The fourth-order valence-corrected chi connectivity index (χ4v) is 1.81. The number of aryl methyl sites for hydroxylation is 1. The van der Waals surface area contributed by atoms with E-state index >= 15 is 0 Å². The van der Waals surface area contributed by atoms with Crippen LogP contribution in [0.3, 0.4) is 0 Å². The molecule has 0 saturated carbocycles. The quantitative estimate of drug-likeness (QED) is 0.758. The molecule has 1 aliphatic heterocycles. The Morgan fingerprint density at radius 2 is 2.57 bits per heavy atom. The van der Waals surface area contributed by atoms with Gasteiger partial charge >= 0.3 is 0 Å². The summed E-state index contributed by atoms with van der Waals surface area (Å²) < 4.78 is 0. The molecule has 0 bridgehead atoms. The van der Waals surface area contributed by atoms with Crippen molar-refractivity contribution in [3.05, 3.63) is 24.0 Å². The SMILES string of the molecule is Cc1cnccc1NCC1CCNC1. The van der Waals surface area contributed by atoms with Crippen molar-refractivity contribution in [3.63, 3.8) is 0 Å². The van der Waals surface area contributed by atoms with E-state index in [9.17, 15) is 0 Å². The largest absolute Gasteiger partial charge is 0.384 e. The summed E-state index contributed by atoms with van der Waals surface area (Å²) in [6, 6.07) is 2.04. The van der Waals surface area contributed by atoms with Crippen molar-refractivity contribution in [2.75, 3.05) is 25.0 Å². The van der Waals surface area contributed by atoms with Gasteiger partial charge in [-0.3, -0.25) is 4.98 Å². The first-order chi connectivity index (χ1) is 6.86. The van der Waals surface area contributed by atoms with Crippen LogP contribution >= 0.6 is 0 Å². The predicted molar refractivity (Wildman–Crippen MR) is 58.4 cm³/mol. The average Bonchev–Trinajstić information content (AvgIpc) is 2.69. The number of anilines is 1. The molecule has 1 fully saturated rings. The lowest BCUT2D eigenvalue weighted by atomic mass is 10.1. The Bertz CT molecular complexity index is 292. The van der Waals surface area contributed by atoms with Crippen LogP contribution in [0.2, 0.25) is 0 Å². The average molecular weight is 191 g/mol. The zero-order valence-electron chi connectivity index (χ0n) is 8.59. The molecule has 0 radical (unpaired) electrons. The van der Waals surface area contributed by atoms with E-state index in [1.807, 2.05) is 18.5 Å². The van der Waals surface area contributed by atoms with Gasteiger partial charge < -0.3 is 10.6 Å². The van der Waals surface area contributed by atoms with Gasteiger partial charge in [-0.1, -0.05) is 0 Å². The third-order valence-corrected chi connectivity index (χ3v) is 2.76. The standard InChI is InChI=1S/C11H17N3/c1-9-6-12-5-3-11(9)14-8-10-2-4-13-7-10/h3,5-6,10,13H,2,4,7-8H2,1H3,(H,12,14). The van der Waals surface area contributed by atoms with Gasteiger partial charge in [0, 0.05) is 24.6 Å². The van der Waals surface area contributed by atoms with Gasteiger partial charge in [0.1, 0.15) is 0 Å². The minimum absolute atomic E-state index is 0.780. The Labute approximate surface area is 84.9 Å². The van der Waals surface area contributed by atoms with Crippen LogP contribution < -0.4 is 10.6 Å². The van der Waals surface area contributed by atoms with E-state index in [2.05, 4.69) is 22.5 Å². The molecule has 2 heterocycles. The van der Waals surface area contributed by atoms with Crippen molar-refractivity contribution in [2.45, 2.75) is 13.3 Å². The number of hydrogen-bond acceptors (Lipinski definition) is 3. The van der Waals surface area contributed by atoms with Gasteiger partial charge in [-0.2, -0.15) is 0 Å². The number of rotatable bonds is 3. The van der Waals surface area contributed by atoms with Gasteiger partial charge in [0.15, 0.2) is 0 Å². The van der Waals surface area contributed by atoms with Gasteiger partial charge in [-0.05, 0) is 44.0 Å². The second-order valence-corrected chi connectivity index (χ2v) is 3.93. The van der Waals surface area contributed by atoms with Gasteiger partial charge in [-0.25, -0.2) is 0 Å². The van der Waals surface area contributed by atoms with E-state index in [1.165, 1.54) is 24.2 Å². The summed E-state index contributed by atoms with van der Waals surface area (Å²) in [5.41, 5.74) is 2.44. The monoisotopic (exact) mass is 191 g/mol. The van der Waals surface area contributed by atoms with Crippen LogP contribution in [0.1, 0.15) is 12.0 Å². The number of hydrogen-bond donors (Lipinski definition) is 2. The molecule has 2 rings (SSSR count). The highest BCUT2D eigenvalue weighted by Crippen LogP contribution is 2.14. The topological polar surface area (TPSA) is 37.0 Å². The Hall–Kier alpha value is -1.09. The summed E-state index contributed by atoms with van der Waals surface area (Å²) in [6.07, 6.45) is 5.02. The highest BCUT2D eigenvalue weighted by molar-refractivity contribution is 5.48. The summed E-state index contributed by atoms with van der Waals surface area (Å²) in [5.74, 6) is 0.780. The Balaban J connectivity index is 1.88. The Kier molecular flexibility index (Phi) is 2.99. The fourth-order valence-electron chi connectivity index (χ4n) is 1.81. The minimum Gasteiger partial charge on any atom is -0.384 e. The van der Waals surface area contributed by atoms with Crippen LogP contribution in [-0.2, 0) is 0 Å². The number of pyridine rings is 1. The molecule has 1 unspecified atom stereocenters. The molecule has 14 heavy (non-hydrogen) atoms. The van der Waals surface area contributed by atoms with Crippen molar-refractivity contribution in [1.29, 1.82) is 0 Å². The van der Waals surface area contributed by atoms with E-state index in [4.69, 9.17) is 0 Å². The van der Waals surface area contributed by atoms with E-state index in [1.54, 1.807) is 0 Å². The molecule has 3 nitrogen and oxygen atoms in total. The first kappa shape index (κ1) is 9.46. The van der Waals surface area contributed by atoms with Crippen molar-refractivity contribution in [2.24, 2.45) is 5.92 Å². The molecule has 76 valence electrons. The van der Waals surface area contributed by atoms with Crippen molar-refractivity contribution < 1.29 is 0 Å². The predicted octanol–water partition coefficient (Wildman–Crippen LogP) is 1.41. The number of nitrogens with one attached hydrogen (secondary N) is 2. The molecule has 0 aromatic carbocycles. The molecule has 0 aliphatic carbocycles. The van der Waals surface area contributed by atoms with E-state index in [0.29, 0.717) is 0 Å². The first-order valence-corrected chi connectivity index (χ1v) is 5.21. The Morgan fingerprint density at radius 1 is 1.64 bits per heavy atom. The van der Waals surface area contributed by atoms with Crippen LogP contribution in [-0.4, -0.2) is 24.6 Å². The maximum Gasteiger partial charge on any atom is 0.0400 e. The number of aromatic nitrogens is 1. The molecule has 2 N–H and O–H groups in total. The highest BCUT2D eigenvalue weighted by Gasteiger charge is 2.13. The van der Waals surface area contributed by atoms with Crippen molar-refractivity contribution in [3.8, 4) is 0 Å². The molecule has 1 aromatic heterocycles. The zero-order chi connectivity index (χ0) is 9.80. The fraction of sp³-hybridized carbons (Fsp3) is 0.545. The first-order valence-electron chi connectivity index (χ1n) is 5.21. The van der Waals surface area contributed by atoms with Crippen molar-refractivity contribution in [1.82, 2.24) is 10.3 Å². The molecule has 1 aromatic rings. The zero-order valence-corrected chi connectivity index (χ0v) is 8.59. The molecule has 3 heteroatoms. The second kappa shape index (κ2) is 4.42. The molecule has 1 saturated heterocycles. The van der Waals surface area contributed by atoms with E-state index in [-0.39, 0.29) is 0 Å². The smallest absolute Gasteiger partial charge is 0.0400 e. The summed E-state index contributed by atoms with van der Waals surface area (Å²) in [6.45, 7) is 5.47. The number of nitrogens with zero attached hydrogens (tertiary/aromatic N) is 1. The minimum atomic E-state index is 0.780. The normalized spacial score (nSPS) is 21.1. The second-order valence-electron chi connectivity index (χ2n) is 3.93. The summed E-state index contributed by atoms with van der Waals surface area (Å²) in [7, 11) is 0. The summed E-state index contributed by atoms with van der Waals surface area (Å²) >= 11 is 0. The molecular formula is C11H17N3. The highest BCUT2D eigenvalue weighted by atomic mass is 14.9. The molecule has 1 aliphatic rings. The lowest BCUT2D eigenvalue weighted by Crippen LogP contribution is -2.17. The van der Waals surface area contributed by atoms with Gasteiger partial charge in [0.25, 0.3) is 0 Å². The van der Waals surface area contributed by atoms with Gasteiger partial charge in [0.2, 0.25) is 0 Å². The van der Waals surface area contributed by atoms with Crippen LogP contribution in [0.4, 0.5) is 5.69 Å². The summed E-state index contributed by atoms with van der Waals surface area (Å²) in [5, 5.41) is 6.85. The molecule has 0 spiro atoms. The Morgan fingerprint density at radius 3 is 3.29 bits per heavy atom. The third kappa shape index (κ3) is 2.23. The van der Waals surface area contributed by atoms with Gasteiger partial charge in [0.05, 0.1) is 0 Å². The van der Waals surface area contributed by atoms with Gasteiger partial charge in [-0.15, -0.1) is 0 Å². The molecular weight excluding hydrogens is 174 g/mol. The van der Waals surface area contributed by atoms with Crippen molar-refractivity contribution >= 4 is 5.69 Å². The summed E-state index contributed by atoms with van der Waals surface area (Å²) in [4.78, 5) is 4.07. The van der Waals surface area contributed by atoms with Crippen LogP contribution in [0.5, 0.6) is 0 Å². The molecule has 0 amide bonds. The van der Waals surface area contributed by atoms with Crippen LogP contribution in [0, 0.1) is 12.8 Å².